The molecular weight excluding hydrogens is 400 g/mol. The normalized spacial score (nSPS) is 21.4. The largest absolute Gasteiger partial charge is 0.497 e. The average Bonchev–Trinajstić information content (AvgIpc) is 2.87. The van der Waals surface area contributed by atoms with Crippen LogP contribution in [0, 0.1) is 11.8 Å². The minimum Gasteiger partial charge on any atom is -0.497 e. The van der Waals surface area contributed by atoms with Gasteiger partial charge in [0.15, 0.2) is 5.82 Å². The fourth-order valence-corrected chi connectivity index (χ4v) is 5.04. The maximum atomic E-state index is 13.0. The number of carbonyl (C=O) groups is 1. The molecule has 1 aromatic heterocycles. The number of amides is 1. The predicted molar refractivity (Wildman–Crippen MR) is 128 cm³/mol. The highest BCUT2D eigenvalue weighted by Gasteiger charge is 2.31. The quantitative estimate of drug-likeness (QED) is 0.624. The molecule has 0 unspecified atom stereocenters. The molecular formula is C26H36N4O2. The van der Waals surface area contributed by atoms with Gasteiger partial charge in [0.05, 0.1) is 12.8 Å². The van der Waals surface area contributed by atoms with E-state index in [0.29, 0.717) is 5.91 Å². The van der Waals surface area contributed by atoms with Gasteiger partial charge in [-0.3, -0.25) is 4.79 Å². The molecule has 2 aliphatic rings. The average molecular weight is 437 g/mol. The van der Waals surface area contributed by atoms with Crippen molar-refractivity contribution in [3.63, 3.8) is 0 Å². The molecule has 0 radical (unpaired) electrons. The van der Waals surface area contributed by atoms with Crippen LogP contribution >= 0.6 is 0 Å². The van der Waals surface area contributed by atoms with Gasteiger partial charge in [-0.1, -0.05) is 38.3 Å². The molecule has 4 rings (SSSR count). The summed E-state index contributed by atoms with van der Waals surface area (Å²) in [5, 5.41) is 8.89. The van der Waals surface area contributed by atoms with Crippen molar-refractivity contribution in [2.24, 2.45) is 11.8 Å². The van der Waals surface area contributed by atoms with E-state index in [2.05, 4.69) is 26.9 Å². The molecule has 6 nitrogen and oxygen atoms in total. The molecule has 2 heterocycles. The first kappa shape index (κ1) is 22.6. The summed E-state index contributed by atoms with van der Waals surface area (Å²) in [6.07, 6.45) is 8.55. The molecule has 0 atom stereocenters. The summed E-state index contributed by atoms with van der Waals surface area (Å²) in [5.41, 5.74) is 1.82. The fourth-order valence-electron chi connectivity index (χ4n) is 5.04. The smallest absolute Gasteiger partial charge is 0.225 e. The van der Waals surface area contributed by atoms with Crippen LogP contribution in [-0.2, 0) is 4.79 Å². The lowest BCUT2D eigenvalue weighted by Crippen LogP contribution is -2.51. The van der Waals surface area contributed by atoms with Gasteiger partial charge in [0.2, 0.25) is 5.91 Å². The molecule has 1 aromatic carbocycles. The van der Waals surface area contributed by atoms with Crippen LogP contribution in [0.1, 0.15) is 51.9 Å². The van der Waals surface area contributed by atoms with Crippen LogP contribution in [0.25, 0.3) is 11.3 Å². The van der Waals surface area contributed by atoms with Crippen molar-refractivity contribution in [2.45, 2.75) is 51.9 Å². The highest BCUT2D eigenvalue weighted by Crippen LogP contribution is 2.33. The van der Waals surface area contributed by atoms with Crippen molar-refractivity contribution in [2.75, 3.05) is 38.2 Å². The number of methoxy groups -OCH3 is 1. The number of ether oxygens (including phenoxy) is 1. The minimum absolute atomic E-state index is 0.237. The standard InChI is InChI=1S/C26H36N4O2/c1-3-4-6-20-9-11-21(12-10-20)26(31)30-17-15-29(16-18-30)25-14-13-24(27-28-25)22-7-5-8-23(19-22)32-2/h5,7-8,13-14,19-21H,3-4,6,9-12,15-18H2,1-2H3. The Morgan fingerprint density at radius 3 is 2.47 bits per heavy atom. The number of piperazine rings is 1. The lowest BCUT2D eigenvalue weighted by atomic mass is 9.79. The molecule has 1 saturated carbocycles. The third-order valence-electron chi connectivity index (χ3n) is 7.09. The summed E-state index contributed by atoms with van der Waals surface area (Å²) in [6.45, 7) is 5.42. The third kappa shape index (κ3) is 5.40. The summed E-state index contributed by atoms with van der Waals surface area (Å²) in [5.74, 6) is 3.14. The molecule has 0 N–H and O–H groups in total. The molecule has 1 saturated heterocycles. The second kappa shape index (κ2) is 10.8. The predicted octanol–water partition coefficient (Wildman–Crippen LogP) is 4.80. The number of anilines is 1. The SMILES string of the molecule is CCCCC1CCC(C(=O)N2CCN(c3ccc(-c4cccc(OC)c4)nn3)CC2)CC1. The summed E-state index contributed by atoms with van der Waals surface area (Å²) in [4.78, 5) is 17.3. The highest BCUT2D eigenvalue weighted by atomic mass is 16.5. The zero-order valence-electron chi connectivity index (χ0n) is 19.5. The van der Waals surface area contributed by atoms with Gasteiger partial charge in [-0.05, 0) is 55.9 Å². The minimum atomic E-state index is 0.237. The van der Waals surface area contributed by atoms with Gasteiger partial charge < -0.3 is 14.5 Å². The van der Waals surface area contributed by atoms with E-state index in [1.54, 1.807) is 7.11 Å². The first-order valence-electron chi connectivity index (χ1n) is 12.2. The first-order chi connectivity index (χ1) is 15.7. The Balaban J connectivity index is 1.28. The third-order valence-corrected chi connectivity index (χ3v) is 7.09. The molecule has 0 bridgehead atoms. The molecule has 2 aromatic rings. The Hall–Kier alpha value is -2.63. The Bertz CT molecular complexity index is 870. The van der Waals surface area contributed by atoms with Crippen molar-refractivity contribution in [3.8, 4) is 17.0 Å². The van der Waals surface area contributed by atoms with Crippen LogP contribution in [-0.4, -0.2) is 54.3 Å². The molecule has 32 heavy (non-hydrogen) atoms. The summed E-state index contributed by atoms with van der Waals surface area (Å²) in [7, 11) is 1.66. The van der Waals surface area contributed by atoms with Crippen LogP contribution in [0.5, 0.6) is 5.75 Å². The van der Waals surface area contributed by atoms with E-state index >= 15 is 0 Å². The lowest BCUT2D eigenvalue weighted by molar-refractivity contribution is -0.137. The van der Waals surface area contributed by atoms with Gasteiger partial charge >= 0.3 is 0 Å². The van der Waals surface area contributed by atoms with Gasteiger partial charge in [0.25, 0.3) is 0 Å². The van der Waals surface area contributed by atoms with Gasteiger partial charge in [0.1, 0.15) is 5.75 Å². The van der Waals surface area contributed by atoms with Crippen LogP contribution in [0.4, 0.5) is 5.82 Å². The van der Waals surface area contributed by atoms with Crippen LogP contribution in [0.15, 0.2) is 36.4 Å². The fraction of sp³-hybridized carbons (Fsp3) is 0.577. The molecule has 1 amide bonds. The lowest BCUT2D eigenvalue weighted by Gasteiger charge is -2.38. The van der Waals surface area contributed by atoms with Gasteiger partial charge in [0, 0.05) is 37.7 Å². The number of rotatable bonds is 7. The van der Waals surface area contributed by atoms with E-state index in [-0.39, 0.29) is 5.92 Å². The van der Waals surface area contributed by atoms with Gasteiger partial charge in [-0.25, -0.2) is 0 Å². The number of hydrogen-bond acceptors (Lipinski definition) is 5. The zero-order chi connectivity index (χ0) is 22.3. The number of aromatic nitrogens is 2. The van der Waals surface area contributed by atoms with Gasteiger partial charge in [-0.15, -0.1) is 10.2 Å². The van der Waals surface area contributed by atoms with E-state index in [0.717, 1.165) is 67.8 Å². The van der Waals surface area contributed by atoms with Gasteiger partial charge in [-0.2, -0.15) is 0 Å². The zero-order valence-corrected chi connectivity index (χ0v) is 19.5. The molecule has 1 aliphatic carbocycles. The Kier molecular flexibility index (Phi) is 7.61. The van der Waals surface area contributed by atoms with E-state index in [4.69, 9.17) is 4.74 Å². The number of hydrogen-bond donors (Lipinski definition) is 0. The van der Waals surface area contributed by atoms with Crippen LogP contribution < -0.4 is 9.64 Å². The summed E-state index contributed by atoms with van der Waals surface area (Å²) in [6, 6.07) is 11.9. The van der Waals surface area contributed by atoms with E-state index in [9.17, 15) is 4.79 Å². The van der Waals surface area contributed by atoms with Crippen molar-refractivity contribution < 1.29 is 9.53 Å². The second-order valence-electron chi connectivity index (χ2n) is 9.18. The van der Waals surface area contributed by atoms with Crippen LogP contribution in [0.2, 0.25) is 0 Å². The topological polar surface area (TPSA) is 58.6 Å². The second-order valence-corrected chi connectivity index (χ2v) is 9.18. The maximum Gasteiger partial charge on any atom is 0.225 e. The molecule has 2 fully saturated rings. The first-order valence-corrected chi connectivity index (χ1v) is 12.2. The Labute approximate surface area is 192 Å². The molecule has 6 heteroatoms. The van der Waals surface area contributed by atoms with E-state index in [1.165, 1.54) is 32.1 Å². The van der Waals surface area contributed by atoms with Crippen LogP contribution in [0.3, 0.4) is 0 Å². The van der Waals surface area contributed by atoms with E-state index < -0.39 is 0 Å². The summed E-state index contributed by atoms with van der Waals surface area (Å²) < 4.78 is 5.30. The maximum absolute atomic E-state index is 13.0. The molecule has 1 aliphatic heterocycles. The number of benzene rings is 1. The van der Waals surface area contributed by atoms with Crippen molar-refractivity contribution in [1.82, 2.24) is 15.1 Å². The van der Waals surface area contributed by atoms with E-state index in [1.807, 2.05) is 36.4 Å². The summed E-state index contributed by atoms with van der Waals surface area (Å²) >= 11 is 0. The highest BCUT2D eigenvalue weighted by molar-refractivity contribution is 5.79. The van der Waals surface area contributed by atoms with Crippen molar-refractivity contribution in [3.05, 3.63) is 36.4 Å². The van der Waals surface area contributed by atoms with Crippen molar-refractivity contribution in [1.29, 1.82) is 0 Å². The number of carbonyl (C=O) groups excluding carboxylic acids is 1. The molecule has 172 valence electrons. The monoisotopic (exact) mass is 436 g/mol. The Morgan fingerprint density at radius 1 is 1.03 bits per heavy atom. The van der Waals surface area contributed by atoms with Crippen molar-refractivity contribution >= 4 is 11.7 Å². The number of nitrogens with zero attached hydrogens (tertiary/aromatic N) is 4. The Morgan fingerprint density at radius 2 is 1.81 bits per heavy atom. The number of unbranched alkanes of at least 4 members (excludes halogenated alkanes) is 1. The molecule has 0 spiro atoms.